The van der Waals surface area contributed by atoms with E-state index in [1.165, 1.54) is 6.07 Å². The number of nitrogens with one attached hydrogen (secondary N) is 1. The van der Waals surface area contributed by atoms with Gasteiger partial charge in [-0.2, -0.15) is 0 Å². The summed E-state index contributed by atoms with van der Waals surface area (Å²) in [5.41, 5.74) is -0.307. The van der Waals surface area contributed by atoms with E-state index in [-0.39, 0.29) is 16.8 Å². The second kappa shape index (κ2) is 4.15. The Morgan fingerprint density at radius 1 is 1.16 bits per heavy atom. The lowest BCUT2D eigenvalue weighted by atomic mass is 10.1. The minimum atomic E-state index is -0.701. The summed E-state index contributed by atoms with van der Waals surface area (Å²) < 4.78 is 0. The van der Waals surface area contributed by atoms with Crippen molar-refractivity contribution < 1.29 is 15.3 Å². The average Bonchev–Trinajstić information content (AvgIpc) is 2.89. The van der Waals surface area contributed by atoms with Crippen LogP contribution >= 0.6 is 0 Å². The molecule has 1 saturated carbocycles. The third-order valence-corrected chi connectivity index (χ3v) is 3.68. The van der Waals surface area contributed by atoms with Gasteiger partial charge < -0.3 is 20.3 Å². The number of rotatable bonds is 1. The fraction of sp³-hybridized carbons (Fsp3) is 0.385. The molecule has 6 heteroatoms. The Morgan fingerprint density at radius 2 is 1.84 bits per heavy atom. The first-order chi connectivity index (χ1) is 9.08. The second-order valence-electron chi connectivity index (χ2n) is 4.92. The topological polar surface area (TPSA) is 106 Å². The number of benzene rings is 1. The summed E-state index contributed by atoms with van der Waals surface area (Å²) in [5, 5.41) is 28.5. The first kappa shape index (κ1) is 11.8. The fourth-order valence-electron chi connectivity index (χ4n) is 2.67. The maximum Gasteiger partial charge on any atom is 0.262 e. The van der Waals surface area contributed by atoms with Crippen LogP contribution in [0.25, 0.3) is 10.9 Å². The van der Waals surface area contributed by atoms with E-state index >= 15 is 0 Å². The van der Waals surface area contributed by atoms with Gasteiger partial charge >= 0.3 is 0 Å². The number of hydrogen-bond acceptors (Lipinski definition) is 5. The van der Waals surface area contributed by atoms with Crippen LogP contribution in [0.2, 0.25) is 0 Å². The van der Waals surface area contributed by atoms with Crippen molar-refractivity contribution >= 4 is 10.9 Å². The van der Waals surface area contributed by atoms with Gasteiger partial charge in [-0.15, -0.1) is 0 Å². The number of phenols is 3. The Kier molecular flexibility index (Phi) is 2.58. The predicted molar refractivity (Wildman–Crippen MR) is 68.6 cm³/mol. The van der Waals surface area contributed by atoms with Crippen molar-refractivity contribution in [1.82, 2.24) is 9.97 Å². The maximum atomic E-state index is 12.0. The van der Waals surface area contributed by atoms with Crippen molar-refractivity contribution in [1.29, 1.82) is 0 Å². The second-order valence-corrected chi connectivity index (χ2v) is 4.92. The molecule has 19 heavy (non-hydrogen) atoms. The van der Waals surface area contributed by atoms with Crippen LogP contribution in [0.3, 0.4) is 0 Å². The SMILES string of the molecule is O=c1[nH]c(C2CCCC2)nc2cc(O)c(O)c(O)c12. The molecule has 1 aromatic heterocycles. The molecule has 6 nitrogen and oxygen atoms in total. The summed E-state index contributed by atoms with van der Waals surface area (Å²) in [7, 11) is 0. The molecule has 1 aromatic carbocycles. The van der Waals surface area contributed by atoms with Crippen LogP contribution in [0.5, 0.6) is 17.2 Å². The van der Waals surface area contributed by atoms with Crippen LogP contribution in [-0.4, -0.2) is 25.3 Å². The number of nitrogens with zero attached hydrogens (tertiary/aromatic N) is 1. The summed E-state index contributed by atoms with van der Waals surface area (Å²) in [6.45, 7) is 0. The number of aromatic hydroxyl groups is 3. The summed E-state index contributed by atoms with van der Waals surface area (Å²) in [5.74, 6) is -1.02. The molecule has 0 radical (unpaired) electrons. The van der Waals surface area contributed by atoms with E-state index in [1.807, 2.05) is 0 Å². The van der Waals surface area contributed by atoms with Gasteiger partial charge in [-0.25, -0.2) is 4.98 Å². The van der Waals surface area contributed by atoms with Crippen molar-refractivity contribution in [2.24, 2.45) is 0 Å². The molecule has 1 fully saturated rings. The molecule has 1 aliphatic rings. The molecular weight excluding hydrogens is 248 g/mol. The van der Waals surface area contributed by atoms with E-state index in [9.17, 15) is 20.1 Å². The van der Waals surface area contributed by atoms with Crippen molar-refractivity contribution in [3.05, 3.63) is 22.2 Å². The lowest BCUT2D eigenvalue weighted by molar-refractivity contribution is 0.371. The number of hydrogen-bond donors (Lipinski definition) is 4. The van der Waals surface area contributed by atoms with Crippen LogP contribution in [0.4, 0.5) is 0 Å². The fourth-order valence-corrected chi connectivity index (χ4v) is 2.67. The van der Waals surface area contributed by atoms with Gasteiger partial charge in [-0.05, 0) is 12.8 Å². The number of phenolic OH excluding ortho intramolecular Hbond substituents is 3. The largest absolute Gasteiger partial charge is 0.504 e. The number of aromatic amines is 1. The lowest BCUT2D eigenvalue weighted by Gasteiger charge is -2.10. The Bertz CT molecular complexity index is 702. The predicted octanol–water partition coefficient (Wildman–Crippen LogP) is 1.70. The van der Waals surface area contributed by atoms with Crippen LogP contribution in [0.15, 0.2) is 10.9 Å². The molecule has 0 spiro atoms. The van der Waals surface area contributed by atoms with Gasteiger partial charge in [-0.1, -0.05) is 12.8 Å². The normalized spacial score (nSPS) is 16.2. The highest BCUT2D eigenvalue weighted by Crippen LogP contribution is 2.39. The minimum absolute atomic E-state index is 0.1000. The number of H-pyrrole nitrogens is 1. The molecule has 0 unspecified atom stereocenters. The molecule has 0 amide bonds. The van der Waals surface area contributed by atoms with Gasteiger partial charge in [0, 0.05) is 12.0 Å². The summed E-state index contributed by atoms with van der Waals surface area (Å²) in [6.07, 6.45) is 4.17. The molecular formula is C13H14N2O4. The summed E-state index contributed by atoms with van der Waals surface area (Å²) >= 11 is 0. The standard InChI is InChI=1S/C13H14N2O4/c16-8-5-7-9(11(18)10(8)17)13(19)15-12(14-7)6-3-1-2-4-6/h5-6,16-18H,1-4H2,(H,14,15,19). The van der Waals surface area contributed by atoms with Crippen molar-refractivity contribution in [3.63, 3.8) is 0 Å². The van der Waals surface area contributed by atoms with Gasteiger partial charge in [0.15, 0.2) is 11.5 Å². The van der Waals surface area contributed by atoms with Gasteiger partial charge in [0.2, 0.25) is 5.75 Å². The van der Waals surface area contributed by atoms with Crippen molar-refractivity contribution in [3.8, 4) is 17.2 Å². The van der Waals surface area contributed by atoms with Crippen molar-refractivity contribution in [2.45, 2.75) is 31.6 Å². The Labute approximate surface area is 108 Å². The zero-order valence-electron chi connectivity index (χ0n) is 10.2. The average molecular weight is 262 g/mol. The Balaban J connectivity index is 2.26. The first-order valence-electron chi connectivity index (χ1n) is 6.25. The van der Waals surface area contributed by atoms with E-state index in [0.29, 0.717) is 5.82 Å². The molecule has 4 N–H and O–H groups in total. The monoisotopic (exact) mass is 262 g/mol. The van der Waals surface area contributed by atoms with Crippen molar-refractivity contribution in [2.75, 3.05) is 0 Å². The maximum absolute atomic E-state index is 12.0. The highest BCUT2D eigenvalue weighted by atomic mass is 16.3. The van der Waals surface area contributed by atoms with Crippen LogP contribution in [0.1, 0.15) is 37.4 Å². The van der Waals surface area contributed by atoms with E-state index in [0.717, 1.165) is 25.7 Å². The van der Waals surface area contributed by atoms with E-state index < -0.39 is 22.8 Å². The molecule has 2 aromatic rings. The van der Waals surface area contributed by atoms with Gasteiger partial charge in [0.1, 0.15) is 11.2 Å². The van der Waals surface area contributed by atoms with Gasteiger partial charge in [0.25, 0.3) is 5.56 Å². The lowest BCUT2D eigenvalue weighted by Crippen LogP contribution is -2.14. The molecule has 0 saturated heterocycles. The van der Waals surface area contributed by atoms with Gasteiger partial charge in [-0.3, -0.25) is 4.79 Å². The smallest absolute Gasteiger partial charge is 0.262 e. The van der Waals surface area contributed by atoms with Crippen LogP contribution in [0, 0.1) is 0 Å². The third kappa shape index (κ3) is 1.80. The van der Waals surface area contributed by atoms with Crippen LogP contribution in [-0.2, 0) is 0 Å². The quantitative estimate of drug-likeness (QED) is 0.585. The molecule has 0 bridgehead atoms. The highest BCUT2D eigenvalue weighted by molar-refractivity contribution is 5.88. The third-order valence-electron chi connectivity index (χ3n) is 3.68. The highest BCUT2D eigenvalue weighted by Gasteiger charge is 2.22. The molecule has 1 aliphatic carbocycles. The Hall–Kier alpha value is -2.24. The zero-order chi connectivity index (χ0) is 13.6. The number of aromatic nitrogens is 2. The Morgan fingerprint density at radius 3 is 2.53 bits per heavy atom. The molecule has 0 aliphatic heterocycles. The van der Waals surface area contributed by atoms with E-state index in [1.54, 1.807) is 0 Å². The molecule has 1 heterocycles. The van der Waals surface area contributed by atoms with Crippen LogP contribution < -0.4 is 5.56 Å². The molecule has 3 rings (SSSR count). The van der Waals surface area contributed by atoms with E-state index in [2.05, 4.69) is 9.97 Å². The summed E-state index contributed by atoms with van der Waals surface area (Å²) in [4.78, 5) is 18.9. The minimum Gasteiger partial charge on any atom is -0.504 e. The van der Waals surface area contributed by atoms with Gasteiger partial charge in [0.05, 0.1) is 5.52 Å². The first-order valence-corrected chi connectivity index (χ1v) is 6.25. The number of fused-ring (bicyclic) bond motifs is 1. The zero-order valence-corrected chi connectivity index (χ0v) is 10.2. The summed E-state index contributed by atoms with van der Waals surface area (Å²) in [6, 6.07) is 1.19. The molecule has 100 valence electrons. The molecule has 0 atom stereocenters. The van der Waals surface area contributed by atoms with E-state index in [4.69, 9.17) is 0 Å².